The summed E-state index contributed by atoms with van der Waals surface area (Å²) in [7, 11) is 0. The SMILES string of the molecule is Oc1cccc2c1CC[C@H](N(Cc1ccccc1)Cc1ccccc1)O2. The van der Waals surface area contributed by atoms with Crippen molar-refractivity contribution in [2.75, 3.05) is 0 Å². The summed E-state index contributed by atoms with van der Waals surface area (Å²) in [5.74, 6) is 1.13. The molecule has 3 heteroatoms. The van der Waals surface area contributed by atoms with Crippen molar-refractivity contribution < 1.29 is 9.84 Å². The Morgan fingerprint density at radius 3 is 2.04 bits per heavy atom. The minimum absolute atomic E-state index is 0.00953. The first kappa shape index (κ1) is 16.7. The van der Waals surface area contributed by atoms with E-state index in [9.17, 15) is 5.11 Å². The Morgan fingerprint density at radius 2 is 1.42 bits per heavy atom. The molecule has 0 unspecified atom stereocenters. The fourth-order valence-corrected chi connectivity index (χ4v) is 3.54. The average molecular weight is 345 g/mol. The van der Waals surface area contributed by atoms with Crippen LogP contribution in [0.25, 0.3) is 0 Å². The van der Waals surface area contributed by atoms with Crippen LogP contribution in [0.5, 0.6) is 11.5 Å². The molecule has 0 aromatic heterocycles. The molecule has 0 amide bonds. The quantitative estimate of drug-likeness (QED) is 0.724. The van der Waals surface area contributed by atoms with Gasteiger partial charge in [0.25, 0.3) is 0 Å². The number of phenolic OH excluding ortho intramolecular Hbond substituents is 1. The van der Waals surface area contributed by atoms with Crippen molar-refractivity contribution in [3.05, 3.63) is 95.6 Å². The maximum absolute atomic E-state index is 10.1. The summed E-state index contributed by atoms with van der Waals surface area (Å²) in [6.07, 6.45) is 1.68. The molecular formula is C23H23NO2. The van der Waals surface area contributed by atoms with Gasteiger partial charge in [0.15, 0.2) is 6.23 Å². The maximum Gasteiger partial charge on any atom is 0.153 e. The van der Waals surface area contributed by atoms with E-state index >= 15 is 0 Å². The van der Waals surface area contributed by atoms with Crippen molar-refractivity contribution in [3.63, 3.8) is 0 Å². The topological polar surface area (TPSA) is 32.7 Å². The van der Waals surface area contributed by atoms with Gasteiger partial charge in [0.1, 0.15) is 11.5 Å². The van der Waals surface area contributed by atoms with Gasteiger partial charge in [-0.25, -0.2) is 0 Å². The summed E-state index contributed by atoms with van der Waals surface area (Å²) < 4.78 is 6.29. The third kappa shape index (κ3) is 3.73. The number of nitrogens with zero attached hydrogens (tertiary/aromatic N) is 1. The second kappa shape index (κ2) is 7.63. The van der Waals surface area contributed by atoms with Gasteiger partial charge >= 0.3 is 0 Å². The van der Waals surface area contributed by atoms with Crippen LogP contribution in [0.4, 0.5) is 0 Å². The van der Waals surface area contributed by atoms with Crippen LogP contribution < -0.4 is 4.74 Å². The molecule has 1 heterocycles. The monoisotopic (exact) mass is 345 g/mol. The smallest absolute Gasteiger partial charge is 0.153 e. The Labute approximate surface area is 154 Å². The van der Waals surface area contributed by atoms with Crippen LogP contribution in [-0.4, -0.2) is 16.2 Å². The van der Waals surface area contributed by atoms with Crippen molar-refractivity contribution in [2.24, 2.45) is 0 Å². The average Bonchev–Trinajstić information content (AvgIpc) is 2.69. The Bertz CT molecular complexity index is 807. The summed E-state index contributed by atoms with van der Waals surface area (Å²) >= 11 is 0. The first-order valence-electron chi connectivity index (χ1n) is 9.09. The fraction of sp³-hybridized carbons (Fsp3) is 0.217. The van der Waals surface area contributed by atoms with E-state index in [0.717, 1.165) is 37.2 Å². The fourth-order valence-electron chi connectivity index (χ4n) is 3.54. The molecule has 0 saturated carbocycles. The van der Waals surface area contributed by atoms with Gasteiger partial charge in [0, 0.05) is 25.1 Å². The van der Waals surface area contributed by atoms with Crippen molar-refractivity contribution in [1.82, 2.24) is 4.90 Å². The molecule has 0 bridgehead atoms. The molecule has 0 spiro atoms. The molecular weight excluding hydrogens is 322 g/mol. The van der Waals surface area contributed by atoms with Gasteiger partial charge in [0.2, 0.25) is 0 Å². The summed E-state index contributed by atoms with van der Waals surface area (Å²) in [5.41, 5.74) is 3.46. The van der Waals surface area contributed by atoms with E-state index in [4.69, 9.17) is 4.74 Å². The lowest BCUT2D eigenvalue weighted by Crippen LogP contribution is -2.40. The predicted molar refractivity (Wildman–Crippen MR) is 103 cm³/mol. The van der Waals surface area contributed by atoms with Crippen LogP contribution in [0.2, 0.25) is 0 Å². The van der Waals surface area contributed by atoms with E-state index < -0.39 is 0 Å². The number of ether oxygens (including phenoxy) is 1. The van der Waals surface area contributed by atoms with Crippen molar-refractivity contribution in [2.45, 2.75) is 32.2 Å². The molecule has 4 rings (SSSR count). The first-order valence-corrected chi connectivity index (χ1v) is 9.09. The molecule has 3 aromatic rings. The molecule has 1 aliphatic rings. The van der Waals surface area contributed by atoms with E-state index in [1.54, 1.807) is 6.07 Å². The van der Waals surface area contributed by atoms with E-state index in [0.29, 0.717) is 5.75 Å². The Kier molecular flexibility index (Phi) is 4.89. The van der Waals surface area contributed by atoms with Crippen molar-refractivity contribution in [3.8, 4) is 11.5 Å². The molecule has 1 N–H and O–H groups in total. The van der Waals surface area contributed by atoms with Crippen LogP contribution in [0.15, 0.2) is 78.9 Å². The zero-order valence-corrected chi connectivity index (χ0v) is 14.7. The van der Waals surface area contributed by atoms with Gasteiger partial charge in [-0.3, -0.25) is 4.90 Å². The second-order valence-corrected chi connectivity index (χ2v) is 6.74. The number of fused-ring (bicyclic) bond motifs is 1. The highest BCUT2D eigenvalue weighted by Crippen LogP contribution is 2.35. The summed E-state index contributed by atoms with van der Waals surface area (Å²) in [4.78, 5) is 2.37. The molecule has 0 saturated heterocycles. The van der Waals surface area contributed by atoms with Gasteiger partial charge < -0.3 is 9.84 Å². The van der Waals surface area contributed by atoms with Gasteiger partial charge in [-0.05, 0) is 29.7 Å². The van der Waals surface area contributed by atoms with Gasteiger partial charge in [-0.2, -0.15) is 0 Å². The molecule has 26 heavy (non-hydrogen) atoms. The number of hydrogen-bond acceptors (Lipinski definition) is 3. The Hall–Kier alpha value is -2.78. The second-order valence-electron chi connectivity index (χ2n) is 6.74. The summed E-state index contributed by atoms with van der Waals surface area (Å²) in [5, 5.41) is 10.1. The molecule has 0 aliphatic carbocycles. The highest BCUT2D eigenvalue weighted by molar-refractivity contribution is 5.45. The lowest BCUT2D eigenvalue weighted by atomic mass is 10.0. The van der Waals surface area contributed by atoms with Gasteiger partial charge in [-0.15, -0.1) is 0 Å². The molecule has 3 aromatic carbocycles. The van der Waals surface area contributed by atoms with Crippen molar-refractivity contribution in [1.29, 1.82) is 0 Å². The normalized spacial score (nSPS) is 16.1. The lowest BCUT2D eigenvalue weighted by molar-refractivity contribution is -0.00267. The Morgan fingerprint density at radius 1 is 0.808 bits per heavy atom. The Balaban J connectivity index is 1.58. The van der Waals surface area contributed by atoms with E-state index in [1.807, 2.05) is 24.3 Å². The first-order chi connectivity index (χ1) is 12.8. The van der Waals surface area contributed by atoms with Crippen LogP contribution in [0, 0.1) is 0 Å². The minimum atomic E-state index is -0.00953. The summed E-state index contributed by atoms with van der Waals surface area (Å²) in [6, 6.07) is 26.5. The van der Waals surface area contributed by atoms with E-state index in [1.165, 1.54) is 11.1 Å². The number of rotatable bonds is 5. The maximum atomic E-state index is 10.1. The van der Waals surface area contributed by atoms with Crippen LogP contribution in [0.1, 0.15) is 23.1 Å². The van der Waals surface area contributed by atoms with Crippen molar-refractivity contribution >= 4 is 0 Å². The third-order valence-electron chi connectivity index (χ3n) is 4.88. The molecule has 132 valence electrons. The van der Waals surface area contributed by atoms with E-state index in [2.05, 4.69) is 53.4 Å². The highest BCUT2D eigenvalue weighted by Gasteiger charge is 2.27. The number of benzene rings is 3. The van der Waals surface area contributed by atoms with Crippen LogP contribution in [0.3, 0.4) is 0 Å². The third-order valence-corrected chi connectivity index (χ3v) is 4.88. The minimum Gasteiger partial charge on any atom is -0.508 e. The molecule has 1 aliphatic heterocycles. The zero-order chi connectivity index (χ0) is 17.8. The van der Waals surface area contributed by atoms with Gasteiger partial charge in [0.05, 0.1) is 0 Å². The van der Waals surface area contributed by atoms with Crippen LogP contribution >= 0.6 is 0 Å². The highest BCUT2D eigenvalue weighted by atomic mass is 16.5. The number of aromatic hydroxyl groups is 1. The van der Waals surface area contributed by atoms with E-state index in [-0.39, 0.29) is 6.23 Å². The lowest BCUT2D eigenvalue weighted by Gasteiger charge is -2.35. The van der Waals surface area contributed by atoms with Crippen LogP contribution in [-0.2, 0) is 19.5 Å². The number of phenols is 1. The molecule has 0 fully saturated rings. The summed E-state index contributed by atoms with van der Waals surface area (Å²) in [6.45, 7) is 1.66. The molecule has 1 atom stereocenters. The molecule has 0 radical (unpaired) electrons. The molecule has 3 nitrogen and oxygen atoms in total. The zero-order valence-electron chi connectivity index (χ0n) is 14.7. The number of hydrogen-bond donors (Lipinski definition) is 1. The standard InChI is InChI=1S/C23H23NO2/c25-21-12-7-13-22-20(21)14-15-23(26-22)24(16-18-8-3-1-4-9-18)17-19-10-5-2-6-11-19/h1-13,23,25H,14-17H2/t23-/m1/s1. The van der Waals surface area contributed by atoms with Gasteiger partial charge in [-0.1, -0.05) is 66.7 Å². The largest absolute Gasteiger partial charge is 0.508 e. The predicted octanol–water partition coefficient (Wildman–Crippen LogP) is 4.75.